The highest BCUT2D eigenvalue weighted by molar-refractivity contribution is 6.92. The third-order valence-corrected chi connectivity index (χ3v) is 11.8. The summed E-state index contributed by atoms with van der Waals surface area (Å²) in [5.41, 5.74) is 0. The van der Waals surface area contributed by atoms with Crippen molar-refractivity contribution < 1.29 is 0 Å². The van der Waals surface area contributed by atoms with Crippen LogP contribution in [-0.4, -0.2) is 8.07 Å². The van der Waals surface area contributed by atoms with Gasteiger partial charge in [-0.1, -0.05) is 79.8 Å². The minimum Gasteiger partial charge on any atom is -0.0656 e. The highest BCUT2D eigenvalue weighted by atomic mass is 28.3. The lowest BCUT2D eigenvalue weighted by Crippen LogP contribution is -2.50. The normalized spacial score (nSPS) is 31.2. The van der Waals surface area contributed by atoms with Gasteiger partial charge in [0.15, 0.2) is 0 Å². The van der Waals surface area contributed by atoms with Crippen LogP contribution < -0.4 is 5.19 Å². The van der Waals surface area contributed by atoms with Gasteiger partial charge in [-0.3, -0.25) is 0 Å². The molecular formula is C20H31Si. The zero-order chi connectivity index (χ0) is 14.5. The summed E-state index contributed by atoms with van der Waals surface area (Å²) in [5.74, 6) is 2.11. The zero-order valence-electron chi connectivity index (χ0n) is 13.7. The van der Waals surface area contributed by atoms with E-state index in [-0.39, 0.29) is 0 Å². The molecule has 1 aromatic rings. The molecule has 1 aromatic carbocycles. The van der Waals surface area contributed by atoms with Gasteiger partial charge in [-0.25, -0.2) is 0 Å². The molecule has 1 aliphatic heterocycles. The minimum absolute atomic E-state index is 1.05. The maximum absolute atomic E-state index is 2.51. The van der Waals surface area contributed by atoms with Crippen molar-refractivity contribution in [2.45, 2.75) is 70.0 Å². The molecule has 1 heteroatoms. The summed E-state index contributed by atoms with van der Waals surface area (Å²) in [4.78, 5) is 0. The summed E-state index contributed by atoms with van der Waals surface area (Å²) in [7, 11) is -1.17. The number of hydrogen-bond donors (Lipinski definition) is 0. The molecule has 2 aliphatic rings. The monoisotopic (exact) mass is 299 g/mol. The molecule has 1 heterocycles. The lowest BCUT2D eigenvalue weighted by molar-refractivity contribution is 0.249. The summed E-state index contributed by atoms with van der Waals surface area (Å²) in [6.45, 7) is 2.39. The molecule has 0 nitrogen and oxygen atoms in total. The average molecular weight is 300 g/mol. The fraction of sp³-hybridized carbons (Fsp3) is 0.650. The van der Waals surface area contributed by atoms with E-state index in [1.807, 2.05) is 0 Å². The van der Waals surface area contributed by atoms with Gasteiger partial charge >= 0.3 is 0 Å². The van der Waals surface area contributed by atoms with Gasteiger partial charge in [0.25, 0.3) is 0 Å². The van der Waals surface area contributed by atoms with Crippen molar-refractivity contribution in [3.05, 3.63) is 36.8 Å². The first kappa shape index (κ1) is 15.3. The molecule has 0 aromatic heterocycles. The topological polar surface area (TPSA) is 0 Å². The average Bonchev–Trinajstić information content (AvgIpc) is 2.57. The quantitative estimate of drug-likeness (QED) is 0.639. The van der Waals surface area contributed by atoms with Crippen molar-refractivity contribution in [1.82, 2.24) is 0 Å². The summed E-state index contributed by atoms with van der Waals surface area (Å²) in [6, 6.07) is 16.2. The van der Waals surface area contributed by atoms with Crippen LogP contribution in [0.15, 0.2) is 30.3 Å². The molecule has 115 valence electrons. The van der Waals surface area contributed by atoms with Crippen LogP contribution in [0.3, 0.4) is 0 Å². The summed E-state index contributed by atoms with van der Waals surface area (Å²) in [6.07, 6.45) is 12.7. The third kappa shape index (κ3) is 3.44. The lowest BCUT2D eigenvalue weighted by Gasteiger charge is -2.42. The Morgan fingerprint density at radius 1 is 0.905 bits per heavy atom. The van der Waals surface area contributed by atoms with Crippen LogP contribution in [0.1, 0.15) is 51.9 Å². The zero-order valence-corrected chi connectivity index (χ0v) is 14.7. The Morgan fingerprint density at radius 3 is 2.14 bits per heavy atom. The van der Waals surface area contributed by atoms with Gasteiger partial charge in [0.2, 0.25) is 0 Å². The first-order valence-electron chi connectivity index (χ1n) is 9.21. The van der Waals surface area contributed by atoms with Gasteiger partial charge in [-0.2, -0.15) is 0 Å². The summed E-state index contributed by atoms with van der Waals surface area (Å²) < 4.78 is 0. The molecule has 0 N–H and O–H groups in total. The van der Waals surface area contributed by atoms with E-state index in [1.165, 1.54) is 51.0 Å². The van der Waals surface area contributed by atoms with Crippen LogP contribution in [-0.2, 0) is 0 Å². The molecule has 1 aliphatic carbocycles. The van der Waals surface area contributed by atoms with Crippen LogP contribution in [0.25, 0.3) is 0 Å². The Hall–Kier alpha value is -0.563. The Balaban J connectivity index is 1.68. The van der Waals surface area contributed by atoms with Gasteiger partial charge in [0.1, 0.15) is 0 Å². The van der Waals surface area contributed by atoms with E-state index in [4.69, 9.17) is 0 Å². The van der Waals surface area contributed by atoms with E-state index in [0.717, 1.165) is 11.8 Å². The predicted molar refractivity (Wildman–Crippen MR) is 95.5 cm³/mol. The number of hydrogen-bond acceptors (Lipinski definition) is 0. The van der Waals surface area contributed by atoms with E-state index < -0.39 is 8.07 Å². The Bertz CT molecular complexity index is 411. The van der Waals surface area contributed by atoms with E-state index in [9.17, 15) is 0 Å². The fourth-order valence-corrected chi connectivity index (χ4v) is 10.4. The second-order valence-electron chi connectivity index (χ2n) is 7.44. The van der Waals surface area contributed by atoms with Crippen molar-refractivity contribution in [3.63, 3.8) is 0 Å². The molecule has 0 atom stereocenters. The van der Waals surface area contributed by atoms with E-state index >= 15 is 0 Å². The molecule has 1 saturated heterocycles. The smallest absolute Gasteiger partial charge is 0.0656 e. The molecule has 21 heavy (non-hydrogen) atoms. The largest absolute Gasteiger partial charge is 0.0867 e. The van der Waals surface area contributed by atoms with Crippen LogP contribution in [0.5, 0.6) is 0 Å². The predicted octanol–water partition coefficient (Wildman–Crippen LogP) is 5.56. The fourth-order valence-electron chi connectivity index (χ4n) is 5.04. The van der Waals surface area contributed by atoms with Crippen LogP contribution in [0.2, 0.25) is 18.1 Å². The van der Waals surface area contributed by atoms with Crippen LogP contribution >= 0.6 is 0 Å². The first-order chi connectivity index (χ1) is 10.3. The molecule has 2 fully saturated rings. The summed E-state index contributed by atoms with van der Waals surface area (Å²) >= 11 is 0. The molecule has 1 saturated carbocycles. The second-order valence-corrected chi connectivity index (χ2v) is 12.1. The minimum atomic E-state index is -1.17. The van der Waals surface area contributed by atoms with Crippen LogP contribution in [0, 0.1) is 18.3 Å². The SMILES string of the molecule is CCC[Si]1(c2ccccc2)CCC(C2CC[CH]CC2)CC1. The molecule has 3 rings (SSSR count). The molecule has 0 spiro atoms. The number of rotatable bonds is 4. The van der Waals surface area contributed by atoms with Crippen molar-refractivity contribution in [2.75, 3.05) is 0 Å². The standard InChI is InChI=1S/C20H31Si/c1-2-15-21(20-11-7-4-8-12-20)16-13-19(14-17-21)18-9-5-3-6-10-18/h3-4,7-8,11-12,18-19H,2,5-6,9-10,13-17H2,1H3. The molecular weight excluding hydrogens is 268 g/mol. The molecule has 0 amide bonds. The van der Waals surface area contributed by atoms with Gasteiger partial charge in [-0.05, 0) is 43.9 Å². The maximum atomic E-state index is 2.51. The highest BCUT2D eigenvalue weighted by Crippen LogP contribution is 2.42. The lowest BCUT2D eigenvalue weighted by atomic mass is 9.77. The highest BCUT2D eigenvalue weighted by Gasteiger charge is 2.39. The van der Waals surface area contributed by atoms with E-state index in [0.29, 0.717) is 0 Å². The van der Waals surface area contributed by atoms with Gasteiger partial charge < -0.3 is 0 Å². The molecule has 0 unspecified atom stereocenters. The van der Waals surface area contributed by atoms with Crippen molar-refractivity contribution in [2.24, 2.45) is 11.8 Å². The van der Waals surface area contributed by atoms with E-state index in [2.05, 4.69) is 43.7 Å². The summed E-state index contributed by atoms with van der Waals surface area (Å²) in [5, 5.41) is 1.75. The molecule has 0 bridgehead atoms. The van der Waals surface area contributed by atoms with Crippen molar-refractivity contribution in [3.8, 4) is 0 Å². The third-order valence-electron chi connectivity index (χ3n) is 6.25. The van der Waals surface area contributed by atoms with Crippen molar-refractivity contribution >= 4 is 13.3 Å². The van der Waals surface area contributed by atoms with E-state index in [1.54, 1.807) is 17.3 Å². The second kappa shape index (κ2) is 7.13. The van der Waals surface area contributed by atoms with Crippen LogP contribution in [0.4, 0.5) is 0 Å². The Labute approximate surface area is 132 Å². The van der Waals surface area contributed by atoms with Gasteiger partial charge in [0.05, 0.1) is 8.07 Å². The van der Waals surface area contributed by atoms with Gasteiger partial charge in [0, 0.05) is 0 Å². The maximum Gasteiger partial charge on any atom is 0.0867 e. The Kier molecular flexibility index (Phi) is 5.21. The van der Waals surface area contributed by atoms with Crippen molar-refractivity contribution in [1.29, 1.82) is 0 Å². The Morgan fingerprint density at radius 2 is 1.52 bits per heavy atom. The van der Waals surface area contributed by atoms with Gasteiger partial charge in [-0.15, -0.1) is 0 Å². The first-order valence-corrected chi connectivity index (χ1v) is 11.8. The number of benzene rings is 1. The molecule has 1 radical (unpaired) electrons.